The van der Waals surface area contributed by atoms with Crippen molar-refractivity contribution in [1.82, 2.24) is 20.3 Å². The molecular formula is C64H93N5. The van der Waals surface area contributed by atoms with Gasteiger partial charge in [0.15, 0.2) is 0 Å². The van der Waals surface area contributed by atoms with Crippen LogP contribution in [0.1, 0.15) is 127 Å². The zero-order chi connectivity index (χ0) is 51.2. The van der Waals surface area contributed by atoms with E-state index in [4.69, 9.17) is 0 Å². The van der Waals surface area contributed by atoms with Gasteiger partial charge in [-0.1, -0.05) is 213 Å². The summed E-state index contributed by atoms with van der Waals surface area (Å²) in [4.78, 5) is 11.3. The minimum Gasteiger partial charge on any atom is -0.385 e. The number of hydrogen-bond acceptors (Lipinski definition) is 4. The number of aromatic amines is 1. The lowest BCUT2D eigenvalue weighted by molar-refractivity contribution is 0.644. The first-order valence-electron chi connectivity index (χ1n) is 25.7. The number of hydrogen-bond donors (Lipinski definition) is 3. The van der Waals surface area contributed by atoms with Crippen molar-refractivity contribution in [2.75, 3.05) is 18.4 Å². The van der Waals surface area contributed by atoms with E-state index in [-0.39, 0.29) is 0 Å². The van der Waals surface area contributed by atoms with Crippen LogP contribution in [0.4, 0.5) is 5.69 Å². The molecule has 10 rings (SSSR count). The van der Waals surface area contributed by atoms with Crippen molar-refractivity contribution >= 4 is 38.3 Å². The topological polar surface area (TPSA) is 65.6 Å². The molecule has 5 nitrogen and oxygen atoms in total. The zero-order valence-corrected chi connectivity index (χ0v) is 45.7. The fraction of sp³-hybridized carbons (Fsp3) is 0.406. The van der Waals surface area contributed by atoms with E-state index in [9.17, 15) is 0 Å². The monoisotopic (exact) mass is 932 g/mol. The highest BCUT2D eigenvalue weighted by Crippen LogP contribution is 2.20. The van der Waals surface area contributed by atoms with Crippen LogP contribution in [0.25, 0.3) is 32.6 Å². The van der Waals surface area contributed by atoms with Gasteiger partial charge in [0, 0.05) is 54.5 Å². The molecule has 5 heterocycles. The minimum absolute atomic E-state index is 0.833. The van der Waals surface area contributed by atoms with E-state index >= 15 is 0 Å². The first-order chi connectivity index (χ1) is 33.0. The van der Waals surface area contributed by atoms with E-state index in [2.05, 4.69) is 220 Å². The van der Waals surface area contributed by atoms with E-state index < -0.39 is 0 Å². The SMILES string of the molecule is CC(C)C.CC(C)C.CC(C)C.CC(C)C.CC(C)C.c1ccc2[nH]ccc2c1.c1ccc2c(c1)CCCN2.c1ccc2c(c1)CCNC2.c1ccc2cnccc2c1.c1ccc2ncccc2c1. The molecule has 374 valence electrons. The molecule has 0 amide bonds. The number of anilines is 1. The van der Waals surface area contributed by atoms with Crippen LogP contribution in [0.5, 0.6) is 0 Å². The number of aromatic nitrogens is 3. The molecular weight excluding hydrogens is 839 g/mol. The lowest BCUT2D eigenvalue weighted by atomic mass is 10.0. The van der Waals surface area contributed by atoms with E-state index in [0.29, 0.717) is 0 Å². The molecule has 0 saturated carbocycles. The highest BCUT2D eigenvalue weighted by molar-refractivity contribution is 5.81. The Bertz CT molecular complexity index is 2040. The molecule has 2 aliphatic heterocycles. The minimum atomic E-state index is 0.833. The van der Waals surface area contributed by atoms with Crippen molar-refractivity contribution in [2.45, 2.75) is 130 Å². The van der Waals surface area contributed by atoms with Gasteiger partial charge in [-0.05, 0) is 125 Å². The summed E-state index contributed by atoms with van der Waals surface area (Å²) >= 11 is 0. The van der Waals surface area contributed by atoms with Crippen molar-refractivity contribution in [3.63, 3.8) is 0 Å². The van der Waals surface area contributed by atoms with Gasteiger partial charge in [-0.25, -0.2) is 0 Å². The van der Waals surface area contributed by atoms with E-state index in [1.165, 1.54) is 68.7 Å². The summed E-state index contributed by atoms with van der Waals surface area (Å²) in [6, 6.07) is 49.7. The Kier molecular flexibility index (Phi) is 33.8. The fourth-order valence-electron chi connectivity index (χ4n) is 5.87. The summed E-state index contributed by atoms with van der Waals surface area (Å²) in [6.45, 7) is 35.8. The largest absolute Gasteiger partial charge is 0.385 e. The van der Waals surface area contributed by atoms with Crippen molar-refractivity contribution in [3.05, 3.63) is 187 Å². The third-order valence-electron chi connectivity index (χ3n) is 8.49. The first-order valence-corrected chi connectivity index (χ1v) is 25.7. The predicted octanol–water partition coefficient (Wildman–Crippen LogP) is 18.3. The summed E-state index contributed by atoms with van der Waals surface area (Å²) in [6.07, 6.45) is 11.1. The molecule has 0 atom stereocenters. The van der Waals surface area contributed by atoms with Crippen LogP contribution < -0.4 is 10.6 Å². The maximum atomic E-state index is 4.18. The van der Waals surface area contributed by atoms with E-state index in [1.54, 1.807) is 0 Å². The summed E-state index contributed by atoms with van der Waals surface area (Å²) in [5.74, 6) is 4.17. The number of nitrogens with zero attached hydrogens (tertiary/aromatic N) is 2. The number of rotatable bonds is 0. The van der Waals surface area contributed by atoms with Crippen LogP contribution in [0.3, 0.4) is 0 Å². The molecule has 5 aromatic carbocycles. The summed E-state index contributed by atoms with van der Waals surface area (Å²) in [5, 5.41) is 11.6. The summed E-state index contributed by atoms with van der Waals surface area (Å²) in [7, 11) is 0. The summed E-state index contributed by atoms with van der Waals surface area (Å²) < 4.78 is 0. The number of fused-ring (bicyclic) bond motifs is 5. The lowest BCUT2D eigenvalue weighted by Crippen LogP contribution is -2.23. The van der Waals surface area contributed by atoms with E-state index in [1.807, 2.05) is 79.4 Å². The van der Waals surface area contributed by atoms with Gasteiger partial charge >= 0.3 is 0 Å². The standard InChI is InChI=1S/C9H11N.C9H7N.C9H11N.C9H7N.C8H7N.5C4H10/c2*1-2-6-9-8(4-1)5-3-7-10-9;2*1-2-4-9-7-10-6-5-8(9)3-1;1-2-4-8-7(3-1)5-6-9-8;5*1-4(2)3/h1-2,4,6,10H,3,5,7H2;1-7H;1-4,10H,5-7H2;1-7H;1-6,9H;5*4H,1-3H3. The predicted molar refractivity (Wildman–Crippen MR) is 309 cm³/mol. The van der Waals surface area contributed by atoms with Crippen LogP contribution in [0.15, 0.2) is 170 Å². The second-order valence-corrected chi connectivity index (χ2v) is 20.5. The Morgan fingerprint density at radius 3 is 1.46 bits per heavy atom. The number of benzene rings is 5. The molecule has 0 aliphatic carbocycles. The number of aryl methyl sites for hydroxylation is 1. The number of H-pyrrole nitrogens is 1. The van der Waals surface area contributed by atoms with Gasteiger partial charge in [0.2, 0.25) is 0 Å². The van der Waals surface area contributed by atoms with Crippen molar-refractivity contribution in [1.29, 1.82) is 0 Å². The molecule has 3 N–H and O–H groups in total. The van der Waals surface area contributed by atoms with Crippen molar-refractivity contribution in [2.24, 2.45) is 29.6 Å². The van der Waals surface area contributed by atoms with Gasteiger partial charge < -0.3 is 15.6 Å². The Labute approximate surface area is 421 Å². The Hall–Kier alpha value is -5.78. The van der Waals surface area contributed by atoms with E-state index in [0.717, 1.165) is 54.7 Å². The third-order valence-corrected chi connectivity index (χ3v) is 8.49. The highest BCUT2D eigenvalue weighted by atomic mass is 14.9. The molecule has 8 aromatic rings. The highest BCUT2D eigenvalue weighted by Gasteiger charge is 2.06. The normalized spacial score (nSPS) is 11.5. The van der Waals surface area contributed by atoms with Crippen LogP contribution in [-0.2, 0) is 19.4 Å². The maximum Gasteiger partial charge on any atom is 0.0701 e. The molecule has 0 unspecified atom stereocenters. The smallest absolute Gasteiger partial charge is 0.0701 e. The van der Waals surface area contributed by atoms with Crippen molar-refractivity contribution in [3.8, 4) is 0 Å². The summed E-state index contributed by atoms with van der Waals surface area (Å²) in [5.41, 5.74) is 8.04. The van der Waals surface area contributed by atoms with Crippen LogP contribution in [0, 0.1) is 29.6 Å². The van der Waals surface area contributed by atoms with Gasteiger partial charge in [0.25, 0.3) is 0 Å². The average molecular weight is 932 g/mol. The van der Waals surface area contributed by atoms with Crippen molar-refractivity contribution < 1.29 is 0 Å². The van der Waals surface area contributed by atoms with Crippen LogP contribution in [0.2, 0.25) is 0 Å². The Morgan fingerprint density at radius 1 is 0.406 bits per heavy atom. The average Bonchev–Trinajstić information content (AvgIpc) is 3.81. The molecule has 0 saturated heterocycles. The van der Waals surface area contributed by atoms with Gasteiger partial charge in [-0.15, -0.1) is 0 Å². The molecule has 0 fully saturated rings. The molecule has 0 radical (unpaired) electrons. The van der Waals surface area contributed by atoms with Gasteiger partial charge in [0.1, 0.15) is 0 Å². The molecule has 0 bridgehead atoms. The number of pyridine rings is 2. The number of nitrogens with one attached hydrogen (secondary N) is 3. The molecule has 69 heavy (non-hydrogen) atoms. The van der Waals surface area contributed by atoms with Crippen LogP contribution >= 0.6 is 0 Å². The fourth-order valence-corrected chi connectivity index (χ4v) is 5.87. The molecule has 5 heteroatoms. The second kappa shape index (κ2) is 38.1. The van der Waals surface area contributed by atoms with Gasteiger partial charge in [-0.3, -0.25) is 9.97 Å². The third kappa shape index (κ3) is 32.6. The lowest BCUT2D eigenvalue weighted by Gasteiger charge is -2.16. The zero-order valence-electron chi connectivity index (χ0n) is 45.7. The Balaban J connectivity index is 0.000000394. The second-order valence-electron chi connectivity index (χ2n) is 20.5. The quantitative estimate of drug-likeness (QED) is 0.142. The molecule has 3 aromatic heterocycles. The van der Waals surface area contributed by atoms with Crippen LogP contribution in [-0.4, -0.2) is 28.0 Å². The number of para-hydroxylation sites is 3. The maximum absolute atomic E-state index is 4.18. The Morgan fingerprint density at radius 2 is 0.899 bits per heavy atom. The molecule has 2 aliphatic rings. The first kappa shape index (κ1) is 61.2. The molecule has 0 spiro atoms. The van der Waals surface area contributed by atoms with Gasteiger partial charge in [-0.2, -0.15) is 0 Å². The van der Waals surface area contributed by atoms with Gasteiger partial charge in [0.05, 0.1) is 5.52 Å².